The van der Waals surface area contributed by atoms with Gasteiger partial charge in [-0.3, -0.25) is 0 Å². The number of nitrogens with two attached hydrogens (primary N) is 1. The van der Waals surface area contributed by atoms with Crippen LogP contribution in [-0.4, -0.2) is 26.8 Å². The SMILES string of the molecule is Cc1cc(N)c(C)c(S(=O)(=O)N(C)C)c1. The number of hydrogen-bond donors (Lipinski definition) is 1. The first-order chi connectivity index (χ1) is 6.76. The van der Waals surface area contributed by atoms with Crippen molar-refractivity contribution in [3.8, 4) is 0 Å². The molecule has 4 nitrogen and oxygen atoms in total. The van der Waals surface area contributed by atoms with Gasteiger partial charge >= 0.3 is 0 Å². The molecule has 0 aliphatic rings. The predicted octanol–water partition coefficient (Wildman–Crippen LogP) is 1.14. The van der Waals surface area contributed by atoms with Crippen LogP contribution in [0.4, 0.5) is 5.69 Å². The summed E-state index contributed by atoms with van der Waals surface area (Å²) in [5, 5.41) is 0. The molecular formula is C10H16N2O2S. The predicted molar refractivity (Wildman–Crippen MR) is 61.2 cm³/mol. The van der Waals surface area contributed by atoms with Gasteiger partial charge in [0.25, 0.3) is 0 Å². The number of anilines is 1. The van der Waals surface area contributed by atoms with Crippen molar-refractivity contribution < 1.29 is 8.42 Å². The van der Waals surface area contributed by atoms with Crippen molar-refractivity contribution in [2.24, 2.45) is 0 Å². The summed E-state index contributed by atoms with van der Waals surface area (Å²) in [6.45, 7) is 3.54. The fourth-order valence-electron chi connectivity index (χ4n) is 1.32. The van der Waals surface area contributed by atoms with Gasteiger partial charge in [-0.15, -0.1) is 0 Å². The highest BCUT2D eigenvalue weighted by Gasteiger charge is 2.20. The van der Waals surface area contributed by atoms with Crippen LogP contribution in [0, 0.1) is 13.8 Å². The molecular weight excluding hydrogens is 212 g/mol. The van der Waals surface area contributed by atoms with Gasteiger partial charge in [-0.2, -0.15) is 0 Å². The van der Waals surface area contributed by atoms with Crippen molar-refractivity contribution in [1.29, 1.82) is 0 Å². The Balaban J connectivity index is 3.52. The van der Waals surface area contributed by atoms with Gasteiger partial charge in [-0.05, 0) is 37.1 Å². The van der Waals surface area contributed by atoms with E-state index in [-0.39, 0.29) is 4.90 Å². The number of nitrogen functional groups attached to an aromatic ring is 1. The molecule has 0 spiro atoms. The highest BCUT2D eigenvalue weighted by atomic mass is 32.2. The summed E-state index contributed by atoms with van der Waals surface area (Å²) < 4.78 is 25.0. The van der Waals surface area contributed by atoms with E-state index in [0.717, 1.165) is 5.56 Å². The summed E-state index contributed by atoms with van der Waals surface area (Å²) in [7, 11) is -0.385. The average Bonchev–Trinajstić information content (AvgIpc) is 2.10. The second-order valence-electron chi connectivity index (χ2n) is 3.76. The first-order valence-corrected chi connectivity index (χ1v) is 6.00. The largest absolute Gasteiger partial charge is 0.398 e. The minimum Gasteiger partial charge on any atom is -0.398 e. The maximum absolute atomic E-state index is 11.9. The van der Waals surface area contributed by atoms with Crippen LogP contribution in [0.3, 0.4) is 0 Å². The Kier molecular flexibility index (Phi) is 3.06. The lowest BCUT2D eigenvalue weighted by Gasteiger charge is -2.15. The summed E-state index contributed by atoms with van der Waals surface area (Å²) in [6, 6.07) is 3.41. The van der Waals surface area contributed by atoms with Crippen LogP contribution in [0.5, 0.6) is 0 Å². The Labute approximate surface area is 90.8 Å². The molecule has 0 aromatic heterocycles. The van der Waals surface area contributed by atoms with Gasteiger partial charge in [0.1, 0.15) is 0 Å². The molecule has 1 rings (SSSR count). The third kappa shape index (κ3) is 2.13. The van der Waals surface area contributed by atoms with Crippen molar-refractivity contribution in [2.75, 3.05) is 19.8 Å². The molecule has 2 N–H and O–H groups in total. The third-order valence-electron chi connectivity index (χ3n) is 2.30. The van der Waals surface area contributed by atoms with E-state index in [4.69, 9.17) is 5.73 Å². The van der Waals surface area contributed by atoms with E-state index in [1.807, 2.05) is 6.92 Å². The zero-order chi connectivity index (χ0) is 11.8. The highest BCUT2D eigenvalue weighted by Crippen LogP contribution is 2.24. The monoisotopic (exact) mass is 228 g/mol. The topological polar surface area (TPSA) is 63.4 Å². The van der Waals surface area contributed by atoms with Crippen LogP contribution < -0.4 is 5.73 Å². The highest BCUT2D eigenvalue weighted by molar-refractivity contribution is 7.89. The molecule has 5 heteroatoms. The van der Waals surface area contributed by atoms with Gasteiger partial charge in [0.05, 0.1) is 4.90 Å². The van der Waals surface area contributed by atoms with Crippen molar-refractivity contribution in [2.45, 2.75) is 18.7 Å². The summed E-state index contributed by atoms with van der Waals surface area (Å²) in [5.74, 6) is 0. The van der Waals surface area contributed by atoms with Gasteiger partial charge in [0.2, 0.25) is 10.0 Å². The standard InChI is InChI=1S/C10H16N2O2S/c1-7-5-9(11)8(2)10(6-7)15(13,14)12(3)4/h5-6H,11H2,1-4H3. The molecule has 0 heterocycles. The second kappa shape index (κ2) is 3.83. The molecule has 0 saturated carbocycles. The number of hydrogen-bond acceptors (Lipinski definition) is 3. The molecule has 15 heavy (non-hydrogen) atoms. The number of rotatable bonds is 2. The zero-order valence-corrected chi connectivity index (χ0v) is 10.2. The summed E-state index contributed by atoms with van der Waals surface area (Å²) in [6.07, 6.45) is 0. The molecule has 0 saturated heterocycles. The summed E-state index contributed by atoms with van der Waals surface area (Å²) in [4.78, 5) is 0.282. The molecule has 0 fully saturated rings. The molecule has 0 bridgehead atoms. The van der Waals surface area contributed by atoms with Gasteiger partial charge in [0.15, 0.2) is 0 Å². The molecule has 1 aromatic rings. The average molecular weight is 228 g/mol. The number of sulfonamides is 1. The van der Waals surface area contributed by atoms with Crippen molar-refractivity contribution in [3.05, 3.63) is 23.3 Å². The lowest BCUT2D eigenvalue weighted by Crippen LogP contribution is -2.23. The minimum absolute atomic E-state index is 0.282. The number of benzene rings is 1. The molecule has 0 unspecified atom stereocenters. The van der Waals surface area contributed by atoms with Crippen LogP contribution in [0.15, 0.2) is 17.0 Å². The van der Waals surface area contributed by atoms with E-state index in [9.17, 15) is 8.42 Å². The molecule has 0 radical (unpaired) electrons. The molecule has 0 atom stereocenters. The Morgan fingerprint density at radius 3 is 2.20 bits per heavy atom. The Hall–Kier alpha value is -1.07. The van der Waals surface area contributed by atoms with Crippen LogP contribution in [0.2, 0.25) is 0 Å². The maximum atomic E-state index is 11.9. The first-order valence-electron chi connectivity index (χ1n) is 4.56. The fourth-order valence-corrected chi connectivity index (χ4v) is 2.55. The molecule has 0 amide bonds. The van der Waals surface area contributed by atoms with Crippen LogP contribution >= 0.6 is 0 Å². The Morgan fingerprint density at radius 1 is 1.20 bits per heavy atom. The van der Waals surface area contributed by atoms with Crippen LogP contribution in [0.1, 0.15) is 11.1 Å². The van der Waals surface area contributed by atoms with E-state index in [1.54, 1.807) is 19.1 Å². The molecule has 1 aromatic carbocycles. The van der Waals surface area contributed by atoms with Crippen LogP contribution in [0.25, 0.3) is 0 Å². The zero-order valence-electron chi connectivity index (χ0n) is 9.40. The lowest BCUT2D eigenvalue weighted by molar-refractivity contribution is 0.520. The lowest BCUT2D eigenvalue weighted by atomic mass is 10.1. The molecule has 84 valence electrons. The van der Waals surface area contributed by atoms with Crippen molar-refractivity contribution in [1.82, 2.24) is 4.31 Å². The minimum atomic E-state index is -3.40. The van der Waals surface area contributed by atoms with Gasteiger partial charge in [-0.1, -0.05) is 0 Å². The van der Waals surface area contributed by atoms with Crippen molar-refractivity contribution in [3.63, 3.8) is 0 Å². The van der Waals surface area contributed by atoms with Crippen LogP contribution in [-0.2, 0) is 10.0 Å². The Morgan fingerprint density at radius 2 is 1.73 bits per heavy atom. The summed E-state index contributed by atoms with van der Waals surface area (Å²) in [5.41, 5.74) is 7.70. The molecule has 0 aliphatic heterocycles. The quantitative estimate of drug-likeness (QED) is 0.772. The van der Waals surface area contributed by atoms with E-state index in [0.29, 0.717) is 11.3 Å². The first kappa shape index (κ1) is 12.0. The number of aryl methyl sites for hydroxylation is 1. The van der Waals surface area contributed by atoms with Crippen molar-refractivity contribution >= 4 is 15.7 Å². The van der Waals surface area contributed by atoms with E-state index >= 15 is 0 Å². The fraction of sp³-hybridized carbons (Fsp3) is 0.400. The van der Waals surface area contributed by atoms with Gasteiger partial charge < -0.3 is 5.73 Å². The molecule has 0 aliphatic carbocycles. The normalized spacial score (nSPS) is 12.1. The van der Waals surface area contributed by atoms with Gasteiger partial charge in [-0.25, -0.2) is 12.7 Å². The maximum Gasteiger partial charge on any atom is 0.242 e. The smallest absolute Gasteiger partial charge is 0.242 e. The van der Waals surface area contributed by atoms with Gasteiger partial charge in [0, 0.05) is 19.8 Å². The second-order valence-corrected chi connectivity index (χ2v) is 5.88. The third-order valence-corrected chi connectivity index (χ3v) is 4.24. The summed E-state index contributed by atoms with van der Waals surface area (Å²) >= 11 is 0. The van der Waals surface area contributed by atoms with E-state index in [2.05, 4.69) is 0 Å². The van der Waals surface area contributed by atoms with E-state index in [1.165, 1.54) is 18.4 Å². The number of nitrogens with zero attached hydrogens (tertiary/aromatic N) is 1. The Bertz CT molecular complexity index is 478. The van der Waals surface area contributed by atoms with E-state index < -0.39 is 10.0 Å².